The number of hydrogen-bond donors (Lipinski definition) is 1. The molecule has 1 aliphatic heterocycles. The Balaban J connectivity index is 1.74. The smallest absolute Gasteiger partial charge is 0.254 e. The zero-order valence-corrected chi connectivity index (χ0v) is 13.6. The molecule has 0 fully saturated rings. The summed E-state index contributed by atoms with van der Waals surface area (Å²) in [4.78, 5) is 14.4. The fourth-order valence-corrected chi connectivity index (χ4v) is 3.31. The van der Waals surface area contributed by atoms with Gasteiger partial charge in [-0.05, 0) is 41.8 Å². The van der Waals surface area contributed by atoms with E-state index in [9.17, 15) is 13.2 Å². The third-order valence-corrected chi connectivity index (χ3v) is 4.46. The van der Waals surface area contributed by atoms with Crippen molar-refractivity contribution in [2.75, 3.05) is 17.5 Å². The molecule has 0 unspecified atom stereocenters. The van der Waals surface area contributed by atoms with Crippen LogP contribution in [0.15, 0.2) is 48.5 Å². The molecule has 0 spiro atoms. The maximum absolute atomic E-state index is 12.6. The van der Waals surface area contributed by atoms with Crippen LogP contribution in [0.2, 0.25) is 0 Å². The number of nitrogens with one attached hydrogen (secondary N) is 1. The van der Waals surface area contributed by atoms with Crippen LogP contribution in [0.4, 0.5) is 5.69 Å². The molecule has 0 atom stereocenters. The highest BCUT2D eigenvalue weighted by atomic mass is 32.2. The van der Waals surface area contributed by atoms with Gasteiger partial charge in [0.1, 0.15) is 0 Å². The van der Waals surface area contributed by atoms with Crippen molar-refractivity contribution >= 4 is 21.6 Å². The quantitative estimate of drug-likeness (QED) is 0.939. The Morgan fingerprint density at radius 2 is 1.70 bits per heavy atom. The van der Waals surface area contributed by atoms with Crippen molar-refractivity contribution in [3.63, 3.8) is 0 Å². The van der Waals surface area contributed by atoms with Crippen LogP contribution in [-0.4, -0.2) is 32.0 Å². The van der Waals surface area contributed by atoms with Crippen LogP contribution in [0.5, 0.6) is 0 Å². The topological polar surface area (TPSA) is 66.5 Å². The summed E-state index contributed by atoms with van der Waals surface area (Å²) in [6, 6.07) is 14.7. The van der Waals surface area contributed by atoms with Crippen LogP contribution < -0.4 is 4.72 Å². The van der Waals surface area contributed by atoms with E-state index in [1.165, 1.54) is 11.1 Å². The van der Waals surface area contributed by atoms with Crippen LogP contribution in [0, 0.1) is 0 Å². The lowest BCUT2D eigenvalue weighted by Crippen LogP contribution is -2.35. The molecule has 0 aliphatic carbocycles. The molecule has 120 valence electrons. The number of carbonyl (C=O) groups excluding carboxylic acids is 1. The number of sulfonamides is 1. The van der Waals surface area contributed by atoms with E-state index in [0.717, 1.165) is 12.7 Å². The molecule has 5 nitrogen and oxygen atoms in total. The first-order valence-corrected chi connectivity index (χ1v) is 9.25. The van der Waals surface area contributed by atoms with Gasteiger partial charge in [0.25, 0.3) is 5.91 Å². The molecule has 2 aromatic carbocycles. The van der Waals surface area contributed by atoms with Gasteiger partial charge in [0.2, 0.25) is 10.0 Å². The maximum Gasteiger partial charge on any atom is 0.254 e. The van der Waals surface area contributed by atoms with Crippen LogP contribution in [0.3, 0.4) is 0 Å². The number of amides is 1. The molecule has 1 N–H and O–H groups in total. The molecule has 2 aromatic rings. The number of carbonyl (C=O) groups is 1. The predicted octanol–water partition coefficient (Wildman–Crippen LogP) is 2.26. The standard InChI is InChI=1S/C17H18N2O3S/c1-23(21,22)18-16-8-6-14(7-9-16)17(20)19-11-10-13-4-2-3-5-15(13)12-19/h2-9,18H,10-12H2,1H3. The SMILES string of the molecule is CS(=O)(=O)Nc1ccc(C(=O)N2CCc3ccccc3C2)cc1. The van der Waals surface area contributed by atoms with Crippen LogP contribution in [0.1, 0.15) is 21.5 Å². The highest BCUT2D eigenvalue weighted by molar-refractivity contribution is 7.92. The summed E-state index contributed by atoms with van der Waals surface area (Å²) >= 11 is 0. The maximum atomic E-state index is 12.6. The van der Waals surface area contributed by atoms with E-state index in [0.29, 0.717) is 24.3 Å². The first-order chi connectivity index (χ1) is 10.9. The lowest BCUT2D eigenvalue weighted by Gasteiger charge is -2.29. The van der Waals surface area contributed by atoms with E-state index >= 15 is 0 Å². The highest BCUT2D eigenvalue weighted by Crippen LogP contribution is 2.21. The largest absolute Gasteiger partial charge is 0.334 e. The summed E-state index contributed by atoms with van der Waals surface area (Å²) in [6.45, 7) is 1.30. The molecular weight excluding hydrogens is 312 g/mol. The summed E-state index contributed by atoms with van der Waals surface area (Å²) in [6.07, 6.45) is 1.95. The molecule has 1 aliphatic rings. The van der Waals surface area contributed by atoms with E-state index in [4.69, 9.17) is 0 Å². The van der Waals surface area contributed by atoms with Gasteiger partial charge in [-0.2, -0.15) is 0 Å². The monoisotopic (exact) mass is 330 g/mol. The van der Waals surface area contributed by atoms with Gasteiger partial charge < -0.3 is 4.90 Å². The number of hydrogen-bond acceptors (Lipinski definition) is 3. The first kappa shape index (κ1) is 15.6. The summed E-state index contributed by atoms with van der Waals surface area (Å²) in [5.41, 5.74) is 3.49. The second kappa shape index (κ2) is 6.04. The van der Waals surface area contributed by atoms with Crippen molar-refractivity contribution in [2.24, 2.45) is 0 Å². The normalized spacial score (nSPS) is 14.2. The van der Waals surface area contributed by atoms with E-state index in [-0.39, 0.29) is 5.91 Å². The number of anilines is 1. The fourth-order valence-electron chi connectivity index (χ4n) is 2.75. The van der Waals surface area contributed by atoms with E-state index in [1.54, 1.807) is 24.3 Å². The molecular formula is C17H18N2O3S. The summed E-state index contributed by atoms with van der Waals surface area (Å²) < 4.78 is 24.8. The molecule has 23 heavy (non-hydrogen) atoms. The zero-order chi connectivity index (χ0) is 16.4. The summed E-state index contributed by atoms with van der Waals surface area (Å²) in [5, 5.41) is 0. The molecule has 3 rings (SSSR count). The lowest BCUT2D eigenvalue weighted by atomic mass is 9.99. The molecule has 6 heteroatoms. The van der Waals surface area contributed by atoms with Gasteiger partial charge in [-0.1, -0.05) is 24.3 Å². The Morgan fingerprint density at radius 3 is 2.35 bits per heavy atom. The van der Waals surface area contributed by atoms with E-state index in [1.807, 2.05) is 23.1 Å². The van der Waals surface area contributed by atoms with Crippen LogP contribution in [0.25, 0.3) is 0 Å². The summed E-state index contributed by atoms with van der Waals surface area (Å²) in [5.74, 6) is -0.0367. The van der Waals surface area contributed by atoms with Crippen LogP contribution in [-0.2, 0) is 23.0 Å². The molecule has 0 radical (unpaired) electrons. The lowest BCUT2D eigenvalue weighted by molar-refractivity contribution is 0.0735. The van der Waals surface area contributed by atoms with Gasteiger partial charge in [0.05, 0.1) is 6.26 Å². The third kappa shape index (κ3) is 3.71. The minimum atomic E-state index is -3.31. The van der Waals surface area contributed by atoms with Gasteiger partial charge in [-0.25, -0.2) is 8.42 Å². The molecule has 0 bridgehead atoms. The molecule has 0 aromatic heterocycles. The number of fused-ring (bicyclic) bond motifs is 1. The average molecular weight is 330 g/mol. The van der Waals surface area contributed by atoms with Gasteiger partial charge in [0.15, 0.2) is 0 Å². The van der Waals surface area contributed by atoms with Crippen molar-refractivity contribution in [2.45, 2.75) is 13.0 Å². The second-order valence-electron chi connectivity index (χ2n) is 5.70. The van der Waals surface area contributed by atoms with Crippen molar-refractivity contribution in [1.82, 2.24) is 4.90 Å². The number of benzene rings is 2. The van der Waals surface area contributed by atoms with Crippen molar-refractivity contribution in [1.29, 1.82) is 0 Å². The predicted molar refractivity (Wildman–Crippen MR) is 89.8 cm³/mol. The van der Waals surface area contributed by atoms with E-state index in [2.05, 4.69) is 10.8 Å². The van der Waals surface area contributed by atoms with Gasteiger partial charge >= 0.3 is 0 Å². The van der Waals surface area contributed by atoms with Crippen molar-refractivity contribution < 1.29 is 13.2 Å². The molecule has 0 saturated heterocycles. The van der Waals surface area contributed by atoms with Crippen molar-refractivity contribution in [3.05, 3.63) is 65.2 Å². The molecule has 0 saturated carbocycles. The summed E-state index contributed by atoms with van der Waals surface area (Å²) in [7, 11) is -3.31. The number of rotatable bonds is 3. The second-order valence-corrected chi connectivity index (χ2v) is 7.45. The Bertz CT molecular complexity index is 829. The fraction of sp³-hybridized carbons (Fsp3) is 0.235. The minimum absolute atomic E-state index is 0.0367. The average Bonchev–Trinajstić information content (AvgIpc) is 2.53. The Morgan fingerprint density at radius 1 is 1.04 bits per heavy atom. The first-order valence-electron chi connectivity index (χ1n) is 7.36. The third-order valence-electron chi connectivity index (χ3n) is 3.85. The highest BCUT2D eigenvalue weighted by Gasteiger charge is 2.21. The van der Waals surface area contributed by atoms with E-state index < -0.39 is 10.0 Å². The van der Waals surface area contributed by atoms with Crippen molar-refractivity contribution in [3.8, 4) is 0 Å². The Kier molecular flexibility index (Phi) is 4.09. The Labute approximate surface area is 136 Å². The van der Waals surface area contributed by atoms with Gasteiger partial charge in [0, 0.05) is 24.3 Å². The van der Waals surface area contributed by atoms with Gasteiger partial charge in [-0.3, -0.25) is 9.52 Å². The van der Waals surface area contributed by atoms with Crippen LogP contribution >= 0.6 is 0 Å². The molecule has 1 heterocycles. The Hall–Kier alpha value is -2.34. The number of nitrogens with zero attached hydrogens (tertiary/aromatic N) is 1. The minimum Gasteiger partial charge on any atom is -0.334 e. The van der Waals surface area contributed by atoms with Gasteiger partial charge in [-0.15, -0.1) is 0 Å². The zero-order valence-electron chi connectivity index (χ0n) is 12.8. The molecule has 1 amide bonds.